The lowest BCUT2D eigenvalue weighted by atomic mass is 10.1. The topological polar surface area (TPSA) is 58.2 Å². The van der Waals surface area contributed by atoms with E-state index in [9.17, 15) is 9.59 Å². The minimum absolute atomic E-state index is 0.0126. The van der Waals surface area contributed by atoms with Gasteiger partial charge >= 0.3 is 0 Å². The molecule has 0 aliphatic heterocycles. The predicted molar refractivity (Wildman–Crippen MR) is 79.5 cm³/mol. The van der Waals surface area contributed by atoms with E-state index in [0.29, 0.717) is 0 Å². The van der Waals surface area contributed by atoms with Gasteiger partial charge in [0, 0.05) is 11.6 Å². The van der Waals surface area contributed by atoms with Gasteiger partial charge in [0.15, 0.2) is 0 Å². The Kier molecular flexibility index (Phi) is 4.77. The van der Waals surface area contributed by atoms with Gasteiger partial charge in [0.1, 0.15) is 0 Å². The maximum atomic E-state index is 11.9. The van der Waals surface area contributed by atoms with E-state index >= 15 is 0 Å². The Morgan fingerprint density at radius 1 is 1.20 bits per heavy atom. The van der Waals surface area contributed by atoms with E-state index in [2.05, 4.69) is 10.6 Å². The lowest BCUT2D eigenvalue weighted by molar-refractivity contribution is -0.127. The molecule has 1 aliphatic carbocycles. The van der Waals surface area contributed by atoms with Crippen molar-refractivity contribution in [1.29, 1.82) is 0 Å². The molecule has 20 heavy (non-hydrogen) atoms. The normalized spacial score (nSPS) is 15.1. The maximum Gasteiger partial charge on any atom is 0.243 e. The molecule has 2 rings (SSSR count). The van der Waals surface area contributed by atoms with Gasteiger partial charge in [-0.05, 0) is 43.9 Å². The van der Waals surface area contributed by atoms with Gasteiger partial charge in [-0.2, -0.15) is 0 Å². The van der Waals surface area contributed by atoms with E-state index in [0.717, 1.165) is 42.5 Å². The van der Waals surface area contributed by atoms with Crippen molar-refractivity contribution in [3.05, 3.63) is 29.3 Å². The third-order valence-corrected chi connectivity index (χ3v) is 4.03. The monoisotopic (exact) mass is 274 g/mol. The Balaban J connectivity index is 1.83. The molecule has 0 radical (unpaired) electrons. The quantitative estimate of drug-likeness (QED) is 0.886. The number of anilines is 1. The Bertz CT molecular complexity index is 505. The summed E-state index contributed by atoms with van der Waals surface area (Å²) < 4.78 is 0. The van der Waals surface area contributed by atoms with E-state index in [4.69, 9.17) is 0 Å². The first-order valence-electron chi connectivity index (χ1n) is 7.21. The van der Waals surface area contributed by atoms with Crippen molar-refractivity contribution in [3.8, 4) is 0 Å². The summed E-state index contributed by atoms with van der Waals surface area (Å²) >= 11 is 0. The molecule has 1 aromatic rings. The van der Waals surface area contributed by atoms with Crippen molar-refractivity contribution in [2.75, 3.05) is 11.9 Å². The standard InChI is InChI=1S/C16H22N2O2/c1-11-6-5-9-14(12(11)2)18-15(19)10-17-16(20)13-7-3-4-8-13/h5-6,9,13H,3-4,7-8,10H2,1-2H3,(H,17,20)(H,18,19). The zero-order valence-corrected chi connectivity index (χ0v) is 12.2. The molecule has 0 atom stereocenters. The summed E-state index contributed by atoms with van der Waals surface area (Å²) in [4.78, 5) is 23.7. The van der Waals surface area contributed by atoms with Gasteiger partial charge in [0.2, 0.25) is 11.8 Å². The van der Waals surface area contributed by atoms with Crippen LogP contribution in [0.1, 0.15) is 36.8 Å². The van der Waals surface area contributed by atoms with Gasteiger partial charge < -0.3 is 10.6 Å². The van der Waals surface area contributed by atoms with Crippen molar-refractivity contribution < 1.29 is 9.59 Å². The summed E-state index contributed by atoms with van der Waals surface area (Å²) in [5, 5.41) is 5.57. The zero-order chi connectivity index (χ0) is 14.5. The number of carbonyl (C=O) groups excluding carboxylic acids is 2. The van der Waals surface area contributed by atoms with Gasteiger partial charge in [-0.1, -0.05) is 25.0 Å². The van der Waals surface area contributed by atoms with Crippen LogP contribution >= 0.6 is 0 Å². The Labute approximate surface area is 119 Å². The molecule has 0 saturated heterocycles. The van der Waals surface area contributed by atoms with Crippen LogP contribution in [0, 0.1) is 19.8 Å². The molecule has 2 amide bonds. The third kappa shape index (κ3) is 3.59. The minimum Gasteiger partial charge on any atom is -0.347 e. The van der Waals surface area contributed by atoms with E-state index in [1.165, 1.54) is 0 Å². The molecule has 1 saturated carbocycles. The van der Waals surface area contributed by atoms with Crippen LogP contribution in [-0.4, -0.2) is 18.4 Å². The van der Waals surface area contributed by atoms with Crippen LogP contribution in [0.15, 0.2) is 18.2 Å². The second-order valence-electron chi connectivity index (χ2n) is 5.49. The van der Waals surface area contributed by atoms with Crippen molar-refractivity contribution in [2.45, 2.75) is 39.5 Å². The predicted octanol–water partition coefficient (Wildman–Crippen LogP) is 2.55. The fourth-order valence-electron chi connectivity index (χ4n) is 2.58. The van der Waals surface area contributed by atoms with Crippen LogP contribution in [-0.2, 0) is 9.59 Å². The number of aryl methyl sites for hydroxylation is 1. The van der Waals surface area contributed by atoms with E-state index in [1.54, 1.807) is 0 Å². The SMILES string of the molecule is Cc1cccc(NC(=O)CNC(=O)C2CCCC2)c1C. The van der Waals surface area contributed by atoms with E-state index < -0.39 is 0 Å². The van der Waals surface area contributed by atoms with Gasteiger partial charge in [-0.15, -0.1) is 0 Å². The summed E-state index contributed by atoms with van der Waals surface area (Å²) in [7, 11) is 0. The Morgan fingerprint density at radius 3 is 2.60 bits per heavy atom. The summed E-state index contributed by atoms with van der Waals surface area (Å²) in [6, 6.07) is 5.79. The summed E-state index contributed by atoms with van der Waals surface area (Å²) in [6.07, 6.45) is 4.13. The zero-order valence-electron chi connectivity index (χ0n) is 12.2. The average molecular weight is 274 g/mol. The molecule has 1 aromatic carbocycles. The molecule has 0 spiro atoms. The third-order valence-electron chi connectivity index (χ3n) is 4.03. The second kappa shape index (κ2) is 6.55. The first-order chi connectivity index (χ1) is 9.58. The minimum atomic E-state index is -0.176. The van der Waals surface area contributed by atoms with Crippen molar-refractivity contribution in [1.82, 2.24) is 5.32 Å². The molecule has 108 valence electrons. The first kappa shape index (κ1) is 14.6. The molecule has 4 nitrogen and oxygen atoms in total. The number of benzene rings is 1. The number of hydrogen-bond donors (Lipinski definition) is 2. The van der Waals surface area contributed by atoms with Gasteiger partial charge in [-0.25, -0.2) is 0 Å². The van der Waals surface area contributed by atoms with Crippen LogP contribution in [0.3, 0.4) is 0 Å². The first-order valence-corrected chi connectivity index (χ1v) is 7.21. The summed E-state index contributed by atoms with van der Waals surface area (Å²) in [5.74, 6) is -0.0628. The van der Waals surface area contributed by atoms with Crippen molar-refractivity contribution in [2.24, 2.45) is 5.92 Å². The second-order valence-corrected chi connectivity index (χ2v) is 5.49. The number of nitrogens with one attached hydrogen (secondary N) is 2. The highest BCUT2D eigenvalue weighted by molar-refractivity contribution is 5.95. The fraction of sp³-hybridized carbons (Fsp3) is 0.500. The van der Waals surface area contributed by atoms with E-state index in [-0.39, 0.29) is 24.3 Å². The molecule has 1 fully saturated rings. The van der Waals surface area contributed by atoms with Crippen LogP contribution < -0.4 is 10.6 Å². The van der Waals surface area contributed by atoms with Crippen LogP contribution in [0.25, 0.3) is 0 Å². The maximum absolute atomic E-state index is 11.9. The lowest BCUT2D eigenvalue weighted by Gasteiger charge is -2.12. The number of carbonyl (C=O) groups is 2. The molecule has 4 heteroatoms. The molecule has 2 N–H and O–H groups in total. The summed E-state index contributed by atoms with van der Waals surface area (Å²) in [5.41, 5.74) is 3.01. The largest absolute Gasteiger partial charge is 0.347 e. The van der Waals surface area contributed by atoms with Crippen LogP contribution in [0.4, 0.5) is 5.69 Å². The molecular weight excluding hydrogens is 252 g/mol. The molecule has 0 bridgehead atoms. The van der Waals surface area contributed by atoms with Crippen LogP contribution in [0.5, 0.6) is 0 Å². The average Bonchev–Trinajstić information content (AvgIpc) is 2.95. The van der Waals surface area contributed by atoms with E-state index in [1.807, 2.05) is 32.0 Å². The molecule has 0 heterocycles. The van der Waals surface area contributed by atoms with Gasteiger partial charge in [-0.3, -0.25) is 9.59 Å². The van der Waals surface area contributed by atoms with Gasteiger partial charge in [0.05, 0.1) is 6.54 Å². The highest BCUT2D eigenvalue weighted by atomic mass is 16.2. The van der Waals surface area contributed by atoms with Crippen LogP contribution in [0.2, 0.25) is 0 Å². The van der Waals surface area contributed by atoms with Gasteiger partial charge in [0.25, 0.3) is 0 Å². The number of rotatable bonds is 4. The summed E-state index contributed by atoms with van der Waals surface area (Å²) in [6.45, 7) is 4.03. The molecule has 0 aromatic heterocycles. The molecule has 1 aliphatic rings. The number of amides is 2. The number of hydrogen-bond acceptors (Lipinski definition) is 2. The Hall–Kier alpha value is -1.84. The van der Waals surface area contributed by atoms with Crippen molar-refractivity contribution in [3.63, 3.8) is 0 Å². The lowest BCUT2D eigenvalue weighted by Crippen LogP contribution is -2.36. The molecular formula is C16H22N2O2. The highest BCUT2D eigenvalue weighted by Crippen LogP contribution is 2.24. The molecule has 0 unspecified atom stereocenters. The van der Waals surface area contributed by atoms with Crippen molar-refractivity contribution >= 4 is 17.5 Å². The highest BCUT2D eigenvalue weighted by Gasteiger charge is 2.22. The smallest absolute Gasteiger partial charge is 0.243 e. The Morgan fingerprint density at radius 2 is 1.90 bits per heavy atom. The fourth-order valence-corrected chi connectivity index (χ4v) is 2.58.